The number of amides is 4. The SMILES string of the molecule is COc1ccc(Cc2nc3n(n2)CC(=O)NCCOc2ccc(cc2)C[C@H](NC(=O)c2ccc4c(c2)OCO4)C(=O)NC(C)(C)C(=O)N[C@@H]3C)cc1OC. The maximum atomic E-state index is 13.9. The van der Waals surface area contributed by atoms with Crippen molar-refractivity contribution < 1.29 is 42.9 Å². The van der Waals surface area contributed by atoms with Gasteiger partial charge in [0.2, 0.25) is 24.5 Å². The summed E-state index contributed by atoms with van der Waals surface area (Å²) in [5, 5.41) is 16.0. The summed E-state index contributed by atoms with van der Waals surface area (Å²) in [5.41, 5.74) is 0.394. The minimum absolute atomic E-state index is 0.0501. The second kappa shape index (κ2) is 16.1. The average molecular weight is 742 g/mol. The first-order chi connectivity index (χ1) is 25.9. The lowest BCUT2D eigenvalue weighted by atomic mass is 10.00. The van der Waals surface area contributed by atoms with Crippen LogP contribution in [0.25, 0.3) is 0 Å². The van der Waals surface area contributed by atoms with E-state index in [1.807, 2.05) is 12.1 Å². The average Bonchev–Trinajstić information content (AvgIpc) is 3.79. The van der Waals surface area contributed by atoms with Crippen LogP contribution in [0.3, 0.4) is 0 Å². The summed E-state index contributed by atoms with van der Waals surface area (Å²) in [6.07, 6.45) is 0.411. The van der Waals surface area contributed by atoms with Crippen molar-refractivity contribution in [1.82, 2.24) is 36.0 Å². The normalized spacial score (nSPS) is 18.6. The summed E-state index contributed by atoms with van der Waals surface area (Å²) in [6.45, 7) is 5.12. The second-order valence-electron chi connectivity index (χ2n) is 13.4. The number of nitrogens with zero attached hydrogens (tertiary/aromatic N) is 3. The largest absolute Gasteiger partial charge is 0.493 e. The molecule has 3 aromatic carbocycles. The van der Waals surface area contributed by atoms with E-state index in [-0.39, 0.29) is 44.4 Å². The molecule has 0 saturated carbocycles. The Hall–Kier alpha value is -6.32. The Labute approximate surface area is 311 Å². The molecule has 0 fully saturated rings. The number of rotatable bonds is 6. The van der Waals surface area contributed by atoms with E-state index in [2.05, 4.69) is 26.4 Å². The molecule has 0 aliphatic carbocycles. The molecule has 3 aliphatic heterocycles. The summed E-state index contributed by atoms with van der Waals surface area (Å²) in [6, 6.07) is 15.5. The molecule has 4 aromatic rings. The van der Waals surface area contributed by atoms with E-state index in [9.17, 15) is 19.2 Å². The fourth-order valence-electron chi connectivity index (χ4n) is 5.98. The standard InChI is InChI=1S/C38H43N7O9/c1-22-34-42-32(18-24-8-12-28(50-4)30(17-24)51-5)44-45(34)20-33(46)39-14-15-52-26-10-6-23(7-11-26)16-27(36(48)43-38(2,3)37(49)40-22)41-35(47)25-9-13-29-31(19-25)54-21-53-29/h6-13,17,19,22,27H,14-16,18,20-21H2,1-5H3,(H,39,46)(H,40,49)(H,41,47)(H,43,48)/t22-,27+/m1/s1. The molecular formula is C38H43N7O9. The van der Waals surface area contributed by atoms with Gasteiger partial charge in [0.15, 0.2) is 28.8 Å². The van der Waals surface area contributed by atoms with Crippen molar-refractivity contribution in [1.29, 1.82) is 0 Å². The third-order valence-electron chi connectivity index (χ3n) is 8.90. The van der Waals surface area contributed by atoms with Crippen molar-refractivity contribution in [3.05, 3.63) is 89.0 Å². The summed E-state index contributed by atoms with van der Waals surface area (Å²) in [5.74, 6) is 1.41. The fraction of sp³-hybridized carbons (Fsp3) is 0.368. The molecule has 0 saturated heterocycles. The number of nitrogens with one attached hydrogen (secondary N) is 4. The first-order valence-corrected chi connectivity index (χ1v) is 17.4. The molecule has 16 heteroatoms. The van der Waals surface area contributed by atoms with Gasteiger partial charge in [-0.1, -0.05) is 18.2 Å². The molecular weight excluding hydrogens is 698 g/mol. The molecule has 0 unspecified atom stereocenters. The van der Waals surface area contributed by atoms with Gasteiger partial charge in [-0.15, -0.1) is 0 Å². The lowest BCUT2D eigenvalue weighted by molar-refractivity contribution is -0.133. The van der Waals surface area contributed by atoms with Gasteiger partial charge in [0, 0.05) is 18.4 Å². The number of methoxy groups -OCH3 is 2. The molecule has 284 valence electrons. The van der Waals surface area contributed by atoms with E-state index in [0.717, 1.165) is 11.1 Å². The van der Waals surface area contributed by atoms with Crippen LogP contribution < -0.4 is 45.0 Å². The number of hydrogen-bond donors (Lipinski definition) is 4. The summed E-state index contributed by atoms with van der Waals surface area (Å²) in [4.78, 5) is 59.0. The molecule has 2 atom stereocenters. The molecule has 4 heterocycles. The number of aromatic nitrogens is 3. The number of carbonyl (C=O) groups is 4. The smallest absolute Gasteiger partial charge is 0.252 e. The predicted octanol–water partition coefficient (Wildman–Crippen LogP) is 2.24. The summed E-state index contributed by atoms with van der Waals surface area (Å²) >= 11 is 0. The molecule has 16 nitrogen and oxygen atoms in total. The number of hydrogen-bond acceptors (Lipinski definition) is 11. The Kier molecular flexibility index (Phi) is 11.2. The Morgan fingerprint density at radius 3 is 2.48 bits per heavy atom. The molecule has 0 radical (unpaired) electrons. The van der Waals surface area contributed by atoms with E-state index >= 15 is 0 Å². The third kappa shape index (κ3) is 8.82. The lowest BCUT2D eigenvalue weighted by Crippen LogP contribution is -2.59. The van der Waals surface area contributed by atoms with Crippen molar-refractivity contribution in [2.75, 3.05) is 34.2 Å². The van der Waals surface area contributed by atoms with E-state index in [1.54, 1.807) is 83.5 Å². The molecule has 2 bridgehead atoms. The van der Waals surface area contributed by atoms with Gasteiger partial charge in [-0.2, -0.15) is 5.10 Å². The zero-order valence-electron chi connectivity index (χ0n) is 30.7. The Bertz CT molecular complexity index is 2030. The Morgan fingerprint density at radius 1 is 0.963 bits per heavy atom. The molecule has 54 heavy (non-hydrogen) atoms. The van der Waals surface area contributed by atoms with E-state index in [1.165, 1.54) is 4.68 Å². The third-order valence-corrected chi connectivity index (χ3v) is 8.90. The molecule has 7 rings (SSSR count). The van der Waals surface area contributed by atoms with E-state index in [4.69, 9.17) is 28.7 Å². The number of carbonyl (C=O) groups excluding carboxylic acids is 4. The van der Waals surface area contributed by atoms with Crippen molar-refractivity contribution in [3.63, 3.8) is 0 Å². The predicted molar refractivity (Wildman–Crippen MR) is 194 cm³/mol. The first-order valence-electron chi connectivity index (χ1n) is 17.4. The molecule has 3 aliphatic rings. The van der Waals surface area contributed by atoms with Crippen LogP contribution in [0.2, 0.25) is 0 Å². The van der Waals surface area contributed by atoms with Crippen LogP contribution in [0, 0.1) is 0 Å². The minimum Gasteiger partial charge on any atom is -0.493 e. The first kappa shape index (κ1) is 37.4. The van der Waals surface area contributed by atoms with Gasteiger partial charge in [-0.3, -0.25) is 19.2 Å². The zero-order valence-corrected chi connectivity index (χ0v) is 30.7. The maximum Gasteiger partial charge on any atom is 0.252 e. The van der Waals surface area contributed by atoms with Gasteiger partial charge in [-0.05, 0) is 74.4 Å². The minimum atomic E-state index is -1.45. The maximum absolute atomic E-state index is 13.9. The summed E-state index contributed by atoms with van der Waals surface area (Å²) in [7, 11) is 3.10. The van der Waals surface area contributed by atoms with Crippen molar-refractivity contribution in [2.24, 2.45) is 0 Å². The topological polar surface area (TPSA) is 193 Å². The highest BCUT2D eigenvalue weighted by Crippen LogP contribution is 2.32. The molecule has 4 amide bonds. The second-order valence-corrected chi connectivity index (χ2v) is 13.4. The fourth-order valence-corrected chi connectivity index (χ4v) is 5.98. The summed E-state index contributed by atoms with van der Waals surface area (Å²) < 4.78 is 28.9. The number of benzene rings is 3. The van der Waals surface area contributed by atoms with Crippen molar-refractivity contribution >= 4 is 23.6 Å². The van der Waals surface area contributed by atoms with Gasteiger partial charge in [0.1, 0.15) is 36.3 Å². The number of ether oxygens (including phenoxy) is 5. The molecule has 1 aromatic heterocycles. The monoisotopic (exact) mass is 741 g/mol. The molecule has 0 spiro atoms. The number of fused-ring (bicyclic) bond motifs is 15. The highest BCUT2D eigenvalue weighted by Gasteiger charge is 2.35. The Balaban J connectivity index is 1.25. The quantitative estimate of drug-likeness (QED) is 0.227. The van der Waals surface area contributed by atoms with Gasteiger partial charge in [-0.25, -0.2) is 9.67 Å². The van der Waals surface area contributed by atoms with Crippen LogP contribution in [0.1, 0.15) is 59.9 Å². The van der Waals surface area contributed by atoms with E-state index in [0.29, 0.717) is 46.8 Å². The van der Waals surface area contributed by atoms with Crippen LogP contribution in [0.5, 0.6) is 28.7 Å². The van der Waals surface area contributed by atoms with Crippen molar-refractivity contribution in [2.45, 2.75) is 57.8 Å². The highest BCUT2D eigenvalue weighted by atomic mass is 16.7. The molecule has 4 N–H and O–H groups in total. The van der Waals surface area contributed by atoms with Crippen LogP contribution >= 0.6 is 0 Å². The van der Waals surface area contributed by atoms with Crippen molar-refractivity contribution in [3.8, 4) is 28.7 Å². The van der Waals surface area contributed by atoms with Gasteiger partial charge >= 0.3 is 0 Å². The van der Waals surface area contributed by atoms with Crippen LogP contribution in [0.15, 0.2) is 60.7 Å². The van der Waals surface area contributed by atoms with E-state index < -0.39 is 35.3 Å². The van der Waals surface area contributed by atoms with Gasteiger partial charge < -0.3 is 45.0 Å². The Morgan fingerprint density at radius 2 is 1.72 bits per heavy atom. The van der Waals surface area contributed by atoms with Gasteiger partial charge in [0.05, 0.1) is 26.8 Å². The van der Waals surface area contributed by atoms with Crippen LogP contribution in [-0.4, -0.2) is 84.1 Å². The zero-order chi connectivity index (χ0) is 38.4. The lowest BCUT2D eigenvalue weighted by Gasteiger charge is -2.29. The van der Waals surface area contributed by atoms with Crippen LogP contribution in [0.4, 0.5) is 0 Å². The highest BCUT2D eigenvalue weighted by molar-refractivity contribution is 5.99. The van der Waals surface area contributed by atoms with Crippen LogP contribution in [-0.2, 0) is 33.8 Å². The van der Waals surface area contributed by atoms with Gasteiger partial charge in [0.25, 0.3) is 5.91 Å².